The summed E-state index contributed by atoms with van der Waals surface area (Å²) in [6.45, 7) is 6.82. The molecule has 25 heavy (non-hydrogen) atoms. The van der Waals surface area contributed by atoms with Crippen LogP contribution in [0.4, 0.5) is 11.4 Å². The van der Waals surface area contributed by atoms with Crippen LogP contribution in [-0.4, -0.2) is 42.8 Å². The van der Waals surface area contributed by atoms with Crippen LogP contribution in [0.2, 0.25) is 0 Å². The number of likely N-dealkylation sites (N-methyl/N-ethyl adjacent to an activating group) is 2. The molecular formula is C20H25N3OS. The fourth-order valence-corrected chi connectivity index (χ4v) is 3.27. The number of nitrogens with zero attached hydrogens (tertiary/aromatic N) is 2. The van der Waals surface area contributed by atoms with Gasteiger partial charge in [0.15, 0.2) is 5.11 Å². The normalized spacial score (nSPS) is 16.0. The van der Waals surface area contributed by atoms with Crippen LogP contribution in [0.1, 0.15) is 12.5 Å². The summed E-state index contributed by atoms with van der Waals surface area (Å²) in [4.78, 5) is 4.41. The van der Waals surface area contributed by atoms with Gasteiger partial charge in [-0.2, -0.15) is 0 Å². The number of benzene rings is 2. The van der Waals surface area contributed by atoms with E-state index in [0.717, 1.165) is 31.1 Å². The Hall–Kier alpha value is -2.27. The summed E-state index contributed by atoms with van der Waals surface area (Å²) < 4.78 is 6.19. The number of aryl methyl sites for hydroxylation is 1. The first kappa shape index (κ1) is 17.5. The van der Waals surface area contributed by atoms with Gasteiger partial charge < -0.3 is 19.9 Å². The van der Waals surface area contributed by atoms with Crippen molar-refractivity contribution >= 4 is 28.7 Å². The molecule has 2 aromatic carbocycles. The van der Waals surface area contributed by atoms with Gasteiger partial charge in [-0.25, -0.2) is 0 Å². The van der Waals surface area contributed by atoms with Gasteiger partial charge in [-0.1, -0.05) is 30.3 Å². The van der Waals surface area contributed by atoms with Crippen LogP contribution in [0.25, 0.3) is 0 Å². The lowest BCUT2D eigenvalue weighted by Gasteiger charge is -2.37. The van der Waals surface area contributed by atoms with E-state index in [-0.39, 0.29) is 6.10 Å². The predicted molar refractivity (Wildman–Crippen MR) is 109 cm³/mol. The van der Waals surface area contributed by atoms with Crippen LogP contribution in [0.5, 0.6) is 5.75 Å². The maximum absolute atomic E-state index is 6.19. The zero-order valence-corrected chi connectivity index (χ0v) is 15.8. The van der Waals surface area contributed by atoms with Gasteiger partial charge in [-0.05, 0) is 49.8 Å². The number of fused-ring (bicyclic) bond motifs is 1. The summed E-state index contributed by atoms with van der Waals surface area (Å²) in [6.07, 6.45) is 0.0801. The second-order valence-electron chi connectivity index (χ2n) is 6.37. The van der Waals surface area contributed by atoms with Gasteiger partial charge in [0.25, 0.3) is 0 Å². The van der Waals surface area contributed by atoms with Crippen molar-refractivity contribution < 1.29 is 4.74 Å². The first-order chi connectivity index (χ1) is 12.1. The van der Waals surface area contributed by atoms with Gasteiger partial charge in [0.2, 0.25) is 0 Å². The van der Waals surface area contributed by atoms with Crippen molar-refractivity contribution in [1.29, 1.82) is 0 Å². The quantitative estimate of drug-likeness (QED) is 0.840. The molecule has 0 aromatic heterocycles. The Bertz CT molecular complexity index is 749. The smallest absolute Gasteiger partial charge is 0.173 e. The molecule has 5 heteroatoms. The summed E-state index contributed by atoms with van der Waals surface area (Å²) in [5.74, 6) is 0.951. The van der Waals surface area contributed by atoms with E-state index in [0.29, 0.717) is 5.11 Å². The van der Waals surface area contributed by atoms with E-state index in [1.165, 1.54) is 11.3 Å². The molecule has 1 aliphatic rings. The molecule has 0 amide bonds. The molecule has 1 atom stereocenters. The van der Waals surface area contributed by atoms with E-state index in [1.807, 2.05) is 42.3 Å². The van der Waals surface area contributed by atoms with E-state index in [9.17, 15) is 0 Å². The van der Waals surface area contributed by atoms with Crippen LogP contribution in [0.3, 0.4) is 0 Å². The number of hydrogen-bond acceptors (Lipinski definition) is 3. The van der Waals surface area contributed by atoms with E-state index < -0.39 is 0 Å². The number of ether oxygens (including phenoxy) is 1. The van der Waals surface area contributed by atoms with Gasteiger partial charge in [0, 0.05) is 19.3 Å². The van der Waals surface area contributed by atoms with Crippen LogP contribution in [-0.2, 0) is 0 Å². The highest BCUT2D eigenvalue weighted by Gasteiger charge is 2.26. The Morgan fingerprint density at radius 2 is 1.96 bits per heavy atom. The second kappa shape index (κ2) is 7.74. The third kappa shape index (κ3) is 4.04. The van der Waals surface area contributed by atoms with Gasteiger partial charge >= 0.3 is 0 Å². The average molecular weight is 356 g/mol. The third-order valence-electron chi connectivity index (χ3n) is 4.52. The first-order valence-electron chi connectivity index (χ1n) is 8.67. The van der Waals surface area contributed by atoms with Crippen molar-refractivity contribution in [1.82, 2.24) is 4.90 Å². The molecule has 1 aliphatic heterocycles. The number of nitrogens with one attached hydrogen (secondary N) is 1. The van der Waals surface area contributed by atoms with Crippen molar-refractivity contribution in [2.24, 2.45) is 0 Å². The fraction of sp³-hybridized carbons (Fsp3) is 0.350. The Kier molecular flexibility index (Phi) is 5.43. The van der Waals surface area contributed by atoms with Crippen LogP contribution in [0.15, 0.2) is 48.5 Å². The Labute approximate surface area is 155 Å². The monoisotopic (exact) mass is 355 g/mol. The molecule has 0 fully saturated rings. The molecule has 0 bridgehead atoms. The van der Waals surface area contributed by atoms with E-state index >= 15 is 0 Å². The highest BCUT2D eigenvalue weighted by atomic mass is 32.1. The van der Waals surface area contributed by atoms with Crippen LogP contribution < -0.4 is 15.0 Å². The lowest BCUT2D eigenvalue weighted by molar-refractivity contribution is 0.169. The minimum absolute atomic E-state index is 0.0801. The van der Waals surface area contributed by atoms with Gasteiger partial charge in [-0.15, -0.1) is 0 Å². The van der Waals surface area contributed by atoms with Crippen molar-refractivity contribution in [3.05, 3.63) is 54.1 Å². The third-order valence-corrected chi connectivity index (χ3v) is 4.93. The predicted octanol–water partition coefficient (Wildman–Crippen LogP) is 3.91. The highest BCUT2D eigenvalue weighted by Crippen LogP contribution is 2.32. The Morgan fingerprint density at radius 1 is 1.24 bits per heavy atom. The summed E-state index contributed by atoms with van der Waals surface area (Å²) in [5, 5.41) is 4.04. The summed E-state index contributed by atoms with van der Waals surface area (Å²) in [7, 11) is 2.01. The summed E-state index contributed by atoms with van der Waals surface area (Å²) in [6, 6.07) is 16.4. The minimum atomic E-state index is 0.0801. The maximum atomic E-state index is 6.19. The molecule has 0 aliphatic carbocycles. The molecule has 1 N–H and O–H groups in total. The molecule has 0 saturated carbocycles. The molecular weight excluding hydrogens is 330 g/mol. The Balaban J connectivity index is 1.64. The Morgan fingerprint density at radius 3 is 2.72 bits per heavy atom. The van der Waals surface area contributed by atoms with Crippen molar-refractivity contribution in [3.8, 4) is 5.75 Å². The average Bonchev–Trinajstić information content (AvgIpc) is 2.62. The van der Waals surface area contributed by atoms with E-state index in [1.54, 1.807) is 0 Å². The largest absolute Gasteiger partial charge is 0.485 e. The first-order valence-corrected chi connectivity index (χ1v) is 9.07. The van der Waals surface area contributed by atoms with Gasteiger partial charge in [0.05, 0.1) is 18.8 Å². The minimum Gasteiger partial charge on any atom is -0.485 e. The SMILES string of the molecule is CCN1C[C@H](CN(C)C(=S)Nc2ccccc2C)Oc2ccccc21. The maximum Gasteiger partial charge on any atom is 0.173 e. The molecule has 0 spiro atoms. The number of hydrogen-bond donors (Lipinski definition) is 1. The summed E-state index contributed by atoms with van der Waals surface area (Å²) in [5.41, 5.74) is 3.40. The molecule has 3 rings (SSSR count). The molecule has 0 radical (unpaired) electrons. The molecule has 4 nitrogen and oxygen atoms in total. The fourth-order valence-electron chi connectivity index (χ4n) is 3.09. The van der Waals surface area contributed by atoms with Gasteiger partial charge in [0.1, 0.15) is 11.9 Å². The van der Waals surface area contributed by atoms with Crippen molar-refractivity contribution in [3.63, 3.8) is 0 Å². The van der Waals surface area contributed by atoms with Crippen LogP contribution >= 0.6 is 12.2 Å². The van der Waals surface area contributed by atoms with Gasteiger partial charge in [-0.3, -0.25) is 0 Å². The number of rotatable bonds is 4. The lowest BCUT2D eigenvalue weighted by atomic mass is 10.2. The van der Waals surface area contributed by atoms with E-state index in [2.05, 4.69) is 42.3 Å². The highest BCUT2D eigenvalue weighted by molar-refractivity contribution is 7.80. The van der Waals surface area contributed by atoms with Crippen molar-refractivity contribution in [2.45, 2.75) is 20.0 Å². The topological polar surface area (TPSA) is 27.7 Å². The van der Waals surface area contributed by atoms with Crippen molar-refractivity contribution in [2.75, 3.05) is 36.9 Å². The molecule has 2 aromatic rings. The molecule has 1 heterocycles. The molecule has 0 unspecified atom stereocenters. The zero-order chi connectivity index (χ0) is 17.8. The second-order valence-corrected chi connectivity index (χ2v) is 6.76. The summed E-state index contributed by atoms with van der Waals surface area (Å²) >= 11 is 5.57. The molecule has 132 valence electrons. The number of thiocarbonyl (C=S) groups is 1. The van der Waals surface area contributed by atoms with E-state index in [4.69, 9.17) is 17.0 Å². The number of anilines is 2. The zero-order valence-electron chi connectivity index (χ0n) is 15.0. The molecule has 0 saturated heterocycles. The van der Waals surface area contributed by atoms with Crippen LogP contribution in [0, 0.1) is 6.92 Å². The standard InChI is InChI=1S/C20H25N3OS/c1-4-23-14-16(24-19-12-8-7-11-18(19)23)13-22(3)20(25)21-17-10-6-5-9-15(17)2/h5-12,16H,4,13-14H2,1-3H3,(H,21,25)/t16-/m0/s1. The number of para-hydroxylation sites is 3. The lowest BCUT2D eigenvalue weighted by Crippen LogP contribution is -2.47.